The SMILES string of the molecule is C=Cc1ccc(N=Nc2c(C)cc3cc(NOC#CC#CC#CCCl)ccc3c2O)cc1C. The first-order valence-electron chi connectivity index (χ1n) is 9.90. The molecule has 3 aromatic rings. The summed E-state index contributed by atoms with van der Waals surface area (Å²) in [6.07, 6.45) is 4.21. The molecular formula is C27H20ClN3O2. The van der Waals surface area contributed by atoms with Crippen molar-refractivity contribution >= 4 is 45.5 Å². The second-order valence-electron chi connectivity index (χ2n) is 6.89. The normalized spacial score (nSPS) is 9.79. The third-order valence-electron chi connectivity index (χ3n) is 4.63. The third kappa shape index (κ3) is 6.08. The molecule has 0 spiro atoms. The first-order valence-corrected chi connectivity index (χ1v) is 10.4. The second kappa shape index (κ2) is 11.3. The molecule has 0 aliphatic heterocycles. The number of azo groups is 1. The fraction of sp³-hybridized carbons (Fsp3) is 0.111. The van der Waals surface area contributed by atoms with Gasteiger partial charge in [-0.1, -0.05) is 24.6 Å². The lowest BCUT2D eigenvalue weighted by atomic mass is 10.0. The van der Waals surface area contributed by atoms with Crippen LogP contribution in [-0.4, -0.2) is 11.0 Å². The molecule has 33 heavy (non-hydrogen) atoms. The molecule has 0 unspecified atom stereocenters. The highest BCUT2D eigenvalue weighted by molar-refractivity contribution is 6.19. The maximum atomic E-state index is 10.8. The minimum atomic E-state index is 0.0637. The number of alkyl halides is 1. The lowest BCUT2D eigenvalue weighted by molar-refractivity contribution is 0.363. The molecule has 3 aromatic carbocycles. The third-order valence-corrected chi connectivity index (χ3v) is 4.76. The van der Waals surface area contributed by atoms with Crippen LogP contribution in [0.25, 0.3) is 16.8 Å². The topological polar surface area (TPSA) is 66.2 Å². The van der Waals surface area contributed by atoms with E-state index in [4.69, 9.17) is 16.4 Å². The Bertz CT molecular complexity index is 1420. The zero-order chi connectivity index (χ0) is 23.6. The number of fused-ring (bicyclic) bond motifs is 1. The summed E-state index contributed by atoms with van der Waals surface area (Å²) in [4.78, 5) is 5.08. The Labute approximate surface area is 198 Å². The first-order chi connectivity index (χ1) is 16.0. The second-order valence-corrected chi connectivity index (χ2v) is 7.16. The lowest BCUT2D eigenvalue weighted by Crippen LogP contribution is -1.95. The molecule has 0 heterocycles. The summed E-state index contributed by atoms with van der Waals surface area (Å²) in [5.74, 6) is 13.0. The van der Waals surface area contributed by atoms with E-state index in [1.54, 1.807) is 18.2 Å². The summed E-state index contributed by atoms with van der Waals surface area (Å²) in [6, 6.07) is 13.0. The van der Waals surface area contributed by atoms with E-state index < -0.39 is 0 Å². The van der Waals surface area contributed by atoms with Crippen LogP contribution >= 0.6 is 11.6 Å². The number of hydrogen-bond donors (Lipinski definition) is 2. The van der Waals surface area contributed by atoms with Gasteiger partial charge in [-0.15, -0.1) is 16.7 Å². The van der Waals surface area contributed by atoms with Gasteiger partial charge >= 0.3 is 0 Å². The van der Waals surface area contributed by atoms with Crippen LogP contribution in [-0.2, 0) is 4.84 Å². The van der Waals surface area contributed by atoms with Crippen LogP contribution in [0.4, 0.5) is 17.1 Å². The van der Waals surface area contributed by atoms with Gasteiger partial charge in [-0.3, -0.25) is 0 Å². The number of aryl methyl sites for hydroxylation is 2. The van der Waals surface area contributed by atoms with Crippen molar-refractivity contribution in [2.24, 2.45) is 10.2 Å². The fourth-order valence-electron chi connectivity index (χ4n) is 3.04. The van der Waals surface area contributed by atoms with Gasteiger partial charge in [0.25, 0.3) is 0 Å². The summed E-state index contributed by atoms with van der Waals surface area (Å²) in [6.45, 7) is 7.65. The Hall–Kier alpha value is -4.37. The number of anilines is 1. The van der Waals surface area contributed by atoms with Crippen molar-refractivity contribution in [3.8, 4) is 41.5 Å². The van der Waals surface area contributed by atoms with Crippen molar-refractivity contribution < 1.29 is 9.94 Å². The fourth-order valence-corrected chi connectivity index (χ4v) is 3.10. The Morgan fingerprint density at radius 3 is 2.61 bits per heavy atom. The average Bonchev–Trinajstić information content (AvgIpc) is 2.80. The smallest absolute Gasteiger partial charge is 0.160 e. The molecule has 0 fully saturated rings. The van der Waals surface area contributed by atoms with Crippen molar-refractivity contribution in [2.45, 2.75) is 13.8 Å². The van der Waals surface area contributed by atoms with Crippen LogP contribution < -0.4 is 5.48 Å². The van der Waals surface area contributed by atoms with Crippen LogP contribution in [0.15, 0.2) is 59.3 Å². The maximum Gasteiger partial charge on any atom is 0.160 e. The molecule has 0 atom stereocenters. The molecule has 0 amide bonds. The molecule has 0 saturated carbocycles. The molecule has 0 aliphatic rings. The summed E-state index contributed by atoms with van der Waals surface area (Å²) < 4.78 is 0. The van der Waals surface area contributed by atoms with Gasteiger partial charge in [0.05, 0.1) is 17.3 Å². The summed E-state index contributed by atoms with van der Waals surface area (Å²) >= 11 is 5.42. The number of aromatic hydroxyl groups is 1. The average molecular weight is 454 g/mol. The van der Waals surface area contributed by atoms with Crippen LogP contribution in [0.1, 0.15) is 16.7 Å². The number of halogens is 1. The van der Waals surface area contributed by atoms with Gasteiger partial charge in [0.2, 0.25) is 0 Å². The van der Waals surface area contributed by atoms with E-state index in [1.165, 1.54) is 0 Å². The Balaban J connectivity index is 1.79. The van der Waals surface area contributed by atoms with Crippen molar-refractivity contribution in [3.05, 3.63) is 65.7 Å². The first kappa shape index (κ1) is 23.3. The predicted molar refractivity (Wildman–Crippen MR) is 135 cm³/mol. The highest BCUT2D eigenvalue weighted by atomic mass is 35.5. The molecule has 0 saturated heterocycles. The quantitative estimate of drug-likeness (QED) is 0.194. The molecule has 5 nitrogen and oxygen atoms in total. The molecule has 0 aliphatic carbocycles. The summed E-state index contributed by atoms with van der Waals surface area (Å²) in [5.41, 5.74) is 7.40. The summed E-state index contributed by atoms with van der Waals surface area (Å²) in [5, 5.41) is 20.9. The molecule has 3 rings (SSSR count). The van der Waals surface area contributed by atoms with Crippen molar-refractivity contribution in [1.29, 1.82) is 0 Å². The predicted octanol–water partition coefficient (Wildman–Crippen LogP) is 6.77. The van der Waals surface area contributed by atoms with E-state index >= 15 is 0 Å². The van der Waals surface area contributed by atoms with E-state index in [9.17, 15) is 5.11 Å². The van der Waals surface area contributed by atoms with Crippen molar-refractivity contribution in [3.63, 3.8) is 0 Å². The standard InChI is InChI=1S/C27H20ClN3O2/c1-4-21-10-11-23(17-19(21)2)29-30-26-20(3)16-22-18-24(12-13-25(22)27(26)32)31-33-15-9-7-5-6-8-14-28/h4,10-13,16-18,31-32H,1,14H2,2-3H3. The number of phenolic OH excluding ortho intramolecular Hbond substituents is 1. The number of hydrogen-bond acceptors (Lipinski definition) is 5. The number of nitrogens with zero attached hydrogens (tertiary/aromatic N) is 2. The minimum absolute atomic E-state index is 0.0637. The van der Waals surface area contributed by atoms with Crippen LogP contribution in [0.3, 0.4) is 0 Å². The van der Waals surface area contributed by atoms with E-state index in [0.717, 1.165) is 22.1 Å². The van der Waals surface area contributed by atoms with E-state index in [-0.39, 0.29) is 11.6 Å². The Morgan fingerprint density at radius 2 is 1.85 bits per heavy atom. The van der Waals surface area contributed by atoms with Gasteiger partial charge in [-0.25, -0.2) is 5.48 Å². The lowest BCUT2D eigenvalue weighted by Gasteiger charge is -2.09. The van der Waals surface area contributed by atoms with Crippen molar-refractivity contribution in [1.82, 2.24) is 0 Å². The highest BCUT2D eigenvalue weighted by Crippen LogP contribution is 2.39. The van der Waals surface area contributed by atoms with E-state index in [1.807, 2.05) is 44.2 Å². The molecule has 0 aromatic heterocycles. The number of rotatable bonds is 5. The molecule has 0 bridgehead atoms. The van der Waals surface area contributed by atoms with Gasteiger partial charge < -0.3 is 9.94 Å². The van der Waals surface area contributed by atoms with Gasteiger partial charge in [-0.05, 0) is 84.2 Å². The van der Waals surface area contributed by atoms with Crippen LogP contribution in [0.2, 0.25) is 0 Å². The zero-order valence-corrected chi connectivity index (χ0v) is 18.9. The number of phenols is 1. The van der Waals surface area contributed by atoms with Crippen LogP contribution in [0, 0.1) is 49.6 Å². The molecule has 0 radical (unpaired) electrons. The van der Waals surface area contributed by atoms with Crippen LogP contribution in [0.5, 0.6) is 5.75 Å². The van der Waals surface area contributed by atoms with E-state index in [0.29, 0.717) is 22.4 Å². The number of benzene rings is 3. The Morgan fingerprint density at radius 1 is 1.03 bits per heavy atom. The minimum Gasteiger partial charge on any atom is -0.505 e. The molecule has 2 N–H and O–H groups in total. The van der Waals surface area contributed by atoms with Gasteiger partial charge in [-0.2, -0.15) is 5.11 Å². The summed E-state index contributed by atoms with van der Waals surface area (Å²) in [7, 11) is 0. The largest absolute Gasteiger partial charge is 0.505 e. The monoisotopic (exact) mass is 453 g/mol. The highest BCUT2D eigenvalue weighted by Gasteiger charge is 2.11. The van der Waals surface area contributed by atoms with E-state index in [2.05, 4.69) is 58.0 Å². The van der Waals surface area contributed by atoms with Gasteiger partial charge in [0.1, 0.15) is 5.69 Å². The maximum absolute atomic E-state index is 10.8. The number of nitrogens with one attached hydrogen (secondary N) is 1. The zero-order valence-electron chi connectivity index (χ0n) is 18.2. The van der Waals surface area contributed by atoms with Gasteiger partial charge in [0.15, 0.2) is 11.9 Å². The molecule has 6 heteroatoms. The molecular weight excluding hydrogens is 434 g/mol. The molecule has 162 valence electrons. The Kier molecular flexibility index (Phi) is 7.98. The van der Waals surface area contributed by atoms with Gasteiger partial charge in [0, 0.05) is 17.2 Å². The van der Waals surface area contributed by atoms with Crippen molar-refractivity contribution in [2.75, 3.05) is 11.4 Å².